The van der Waals surface area contributed by atoms with E-state index >= 15 is 0 Å². The number of rotatable bonds is 6. The van der Waals surface area contributed by atoms with Crippen molar-refractivity contribution in [3.8, 4) is 11.6 Å². The van der Waals surface area contributed by atoms with Crippen molar-refractivity contribution in [1.82, 2.24) is 9.97 Å². The molecule has 3 rings (SSSR count). The third-order valence-electron chi connectivity index (χ3n) is 4.38. The summed E-state index contributed by atoms with van der Waals surface area (Å²) >= 11 is 0. The number of benzene rings is 1. The fourth-order valence-electron chi connectivity index (χ4n) is 3.18. The minimum atomic E-state index is 0.388. The van der Waals surface area contributed by atoms with E-state index in [1.807, 2.05) is 26.0 Å². The van der Waals surface area contributed by atoms with Crippen LogP contribution in [0.3, 0.4) is 0 Å². The third kappa shape index (κ3) is 4.72. The number of aryl methyl sites for hydroxylation is 2. The van der Waals surface area contributed by atoms with Gasteiger partial charge < -0.3 is 15.8 Å². The van der Waals surface area contributed by atoms with Crippen LogP contribution < -0.4 is 15.8 Å². The number of nitrogens with one attached hydrogen (secondary N) is 1. The lowest BCUT2D eigenvalue weighted by molar-refractivity contribution is 0.464. The summed E-state index contributed by atoms with van der Waals surface area (Å²) in [4.78, 5) is 8.43. The van der Waals surface area contributed by atoms with E-state index < -0.39 is 0 Å². The van der Waals surface area contributed by atoms with Gasteiger partial charge in [-0.25, -0.2) is 4.98 Å². The second-order valence-corrected chi connectivity index (χ2v) is 6.65. The molecule has 0 spiro atoms. The molecule has 1 aromatic heterocycles. The SMILES string of the molecule is Cc1cc(C)cc(Oc2ncnc(NCCC3=CCCCC3)c2N)c1. The zero-order valence-corrected chi connectivity index (χ0v) is 15.0. The Morgan fingerprint density at radius 3 is 2.64 bits per heavy atom. The first kappa shape index (κ1) is 17.3. The van der Waals surface area contributed by atoms with E-state index in [0.717, 1.165) is 29.8 Å². The van der Waals surface area contributed by atoms with Gasteiger partial charge in [-0.05, 0) is 69.2 Å². The monoisotopic (exact) mass is 338 g/mol. The molecule has 0 saturated heterocycles. The van der Waals surface area contributed by atoms with Crippen LogP contribution in [0.25, 0.3) is 0 Å². The third-order valence-corrected chi connectivity index (χ3v) is 4.38. The van der Waals surface area contributed by atoms with E-state index in [1.54, 1.807) is 0 Å². The molecule has 0 unspecified atom stereocenters. The highest BCUT2D eigenvalue weighted by Crippen LogP contribution is 2.30. The number of nitrogen functional groups attached to an aromatic ring is 1. The quantitative estimate of drug-likeness (QED) is 0.742. The molecule has 5 nitrogen and oxygen atoms in total. The molecule has 1 aliphatic carbocycles. The second kappa shape index (κ2) is 8.01. The van der Waals surface area contributed by atoms with Crippen LogP contribution in [-0.2, 0) is 0 Å². The number of nitrogens with zero attached hydrogens (tertiary/aromatic N) is 2. The molecule has 25 heavy (non-hydrogen) atoms. The number of anilines is 2. The highest BCUT2D eigenvalue weighted by Gasteiger charge is 2.11. The summed E-state index contributed by atoms with van der Waals surface area (Å²) in [5.41, 5.74) is 10.5. The molecule has 3 N–H and O–H groups in total. The fraction of sp³-hybridized carbons (Fsp3) is 0.400. The van der Waals surface area contributed by atoms with Crippen molar-refractivity contribution in [2.75, 3.05) is 17.6 Å². The Morgan fingerprint density at radius 1 is 1.12 bits per heavy atom. The predicted octanol–water partition coefficient (Wildman–Crippen LogP) is 4.77. The van der Waals surface area contributed by atoms with E-state index in [4.69, 9.17) is 10.5 Å². The maximum Gasteiger partial charge on any atom is 0.248 e. The Bertz CT molecular complexity index is 750. The first-order valence-corrected chi connectivity index (χ1v) is 8.90. The smallest absolute Gasteiger partial charge is 0.248 e. The Balaban J connectivity index is 1.66. The standard InChI is InChI=1S/C20H26N4O/c1-14-10-15(2)12-17(11-14)25-20-18(21)19(23-13-24-20)22-9-8-16-6-4-3-5-7-16/h6,10-13H,3-5,7-9,21H2,1-2H3,(H,22,23,24). The topological polar surface area (TPSA) is 73.1 Å². The molecule has 132 valence electrons. The zero-order valence-electron chi connectivity index (χ0n) is 15.0. The highest BCUT2D eigenvalue weighted by atomic mass is 16.5. The molecular weight excluding hydrogens is 312 g/mol. The number of ether oxygens (including phenoxy) is 1. The lowest BCUT2D eigenvalue weighted by Crippen LogP contribution is -2.09. The molecule has 1 heterocycles. The maximum absolute atomic E-state index is 6.20. The number of aromatic nitrogens is 2. The van der Waals surface area contributed by atoms with Crippen molar-refractivity contribution < 1.29 is 4.74 Å². The van der Waals surface area contributed by atoms with Gasteiger partial charge in [0.1, 0.15) is 17.8 Å². The van der Waals surface area contributed by atoms with E-state index in [9.17, 15) is 0 Å². The Labute approximate surface area is 149 Å². The highest BCUT2D eigenvalue weighted by molar-refractivity contribution is 5.67. The van der Waals surface area contributed by atoms with E-state index in [0.29, 0.717) is 17.4 Å². The molecule has 5 heteroatoms. The Hall–Kier alpha value is -2.56. The van der Waals surface area contributed by atoms with Crippen LogP contribution in [0.5, 0.6) is 11.6 Å². The minimum Gasteiger partial charge on any atom is -0.437 e. The van der Waals surface area contributed by atoms with E-state index in [2.05, 4.69) is 27.4 Å². The summed E-state index contributed by atoms with van der Waals surface area (Å²) in [5.74, 6) is 1.76. The van der Waals surface area contributed by atoms with Crippen LogP contribution in [0, 0.1) is 13.8 Å². The molecule has 1 aliphatic rings. The lowest BCUT2D eigenvalue weighted by atomic mass is 9.97. The normalized spacial score (nSPS) is 14.1. The van der Waals surface area contributed by atoms with Gasteiger partial charge in [0.15, 0.2) is 5.82 Å². The van der Waals surface area contributed by atoms with Gasteiger partial charge in [0, 0.05) is 6.54 Å². The number of allylic oxidation sites excluding steroid dienone is 1. The average molecular weight is 338 g/mol. The lowest BCUT2D eigenvalue weighted by Gasteiger charge is -2.15. The average Bonchev–Trinajstić information content (AvgIpc) is 2.58. The van der Waals surface area contributed by atoms with Crippen molar-refractivity contribution in [2.45, 2.75) is 46.0 Å². The molecule has 0 bridgehead atoms. The van der Waals surface area contributed by atoms with Crippen LogP contribution >= 0.6 is 0 Å². The Morgan fingerprint density at radius 2 is 1.92 bits per heavy atom. The maximum atomic E-state index is 6.20. The van der Waals surface area contributed by atoms with Gasteiger partial charge in [0.2, 0.25) is 5.88 Å². The molecule has 0 radical (unpaired) electrons. The van der Waals surface area contributed by atoms with E-state index in [1.165, 1.54) is 37.6 Å². The number of hydrogen-bond donors (Lipinski definition) is 2. The second-order valence-electron chi connectivity index (χ2n) is 6.65. The number of hydrogen-bond acceptors (Lipinski definition) is 5. The van der Waals surface area contributed by atoms with Crippen molar-refractivity contribution >= 4 is 11.5 Å². The molecule has 0 aliphatic heterocycles. The van der Waals surface area contributed by atoms with Gasteiger partial charge >= 0.3 is 0 Å². The largest absolute Gasteiger partial charge is 0.437 e. The van der Waals surface area contributed by atoms with Crippen LogP contribution in [0.15, 0.2) is 36.2 Å². The zero-order chi connectivity index (χ0) is 17.6. The van der Waals surface area contributed by atoms with Gasteiger partial charge in [-0.1, -0.05) is 17.7 Å². The van der Waals surface area contributed by atoms with Crippen molar-refractivity contribution in [1.29, 1.82) is 0 Å². The minimum absolute atomic E-state index is 0.388. The van der Waals surface area contributed by atoms with Gasteiger partial charge in [-0.2, -0.15) is 4.98 Å². The van der Waals surface area contributed by atoms with Gasteiger partial charge in [-0.3, -0.25) is 0 Å². The van der Waals surface area contributed by atoms with Crippen LogP contribution in [0.4, 0.5) is 11.5 Å². The molecule has 0 atom stereocenters. The van der Waals surface area contributed by atoms with E-state index in [-0.39, 0.29) is 0 Å². The summed E-state index contributed by atoms with van der Waals surface area (Å²) in [5, 5.41) is 3.31. The van der Waals surface area contributed by atoms with Gasteiger partial charge in [-0.15, -0.1) is 0 Å². The van der Waals surface area contributed by atoms with Crippen molar-refractivity contribution in [2.24, 2.45) is 0 Å². The molecule has 1 aromatic carbocycles. The molecule has 0 amide bonds. The predicted molar refractivity (Wildman–Crippen MR) is 102 cm³/mol. The summed E-state index contributed by atoms with van der Waals surface area (Å²) in [7, 11) is 0. The molecule has 0 fully saturated rings. The summed E-state index contributed by atoms with van der Waals surface area (Å²) < 4.78 is 5.88. The van der Waals surface area contributed by atoms with Gasteiger partial charge in [0.25, 0.3) is 0 Å². The summed E-state index contributed by atoms with van der Waals surface area (Å²) in [6.45, 7) is 4.89. The summed E-state index contributed by atoms with van der Waals surface area (Å²) in [6.07, 6.45) is 9.90. The van der Waals surface area contributed by atoms with Crippen LogP contribution in [-0.4, -0.2) is 16.5 Å². The molecular formula is C20H26N4O. The molecule has 0 saturated carbocycles. The first-order valence-electron chi connectivity index (χ1n) is 8.90. The molecule has 2 aromatic rings. The van der Waals surface area contributed by atoms with Crippen molar-refractivity contribution in [3.05, 3.63) is 47.3 Å². The number of nitrogens with two attached hydrogens (primary N) is 1. The van der Waals surface area contributed by atoms with Crippen LogP contribution in [0.1, 0.15) is 43.2 Å². The van der Waals surface area contributed by atoms with Crippen LogP contribution in [0.2, 0.25) is 0 Å². The fourth-order valence-corrected chi connectivity index (χ4v) is 3.18. The van der Waals surface area contributed by atoms with Gasteiger partial charge in [0.05, 0.1) is 0 Å². The summed E-state index contributed by atoms with van der Waals surface area (Å²) in [6, 6.07) is 6.04. The first-order chi connectivity index (χ1) is 12.1. The Kier molecular flexibility index (Phi) is 5.53. The van der Waals surface area contributed by atoms with Crippen molar-refractivity contribution in [3.63, 3.8) is 0 Å².